The second-order valence-electron chi connectivity index (χ2n) is 3.92. The summed E-state index contributed by atoms with van der Waals surface area (Å²) in [5.74, 6) is 1.50. The normalized spacial score (nSPS) is 10.2. The number of ether oxygens (including phenoxy) is 3. The zero-order chi connectivity index (χ0) is 14.7. The molecule has 0 heterocycles. The first-order valence-corrected chi connectivity index (χ1v) is 6.49. The van der Waals surface area contributed by atoms with Crippen LogP contribution in [-0.4, -0.2) is 14.2 Å². The van der Waals surface area contributed by atoms with Gasteiger partial charge in [-0.05, 0) is 34.1 Å². The lowest BCUT2D eigenvalue weighted by molar-refractivity contribution is 0.352. The zero-order valence-electron chi connectivity index (χ0n) is 10.9. The van der Waals surface area contributed by atoms with Crippen molar-refractivity contribution in [1.82, 2.24) is 0 Å². The van der Waals surface area contributed by atoms with Crippen LogP contribution in [-0.2, 0) is 0 Å². The molecule has 0 aliphatic heterocycles. The van der Waals surface area contributed by atoms with E-state index in [1.165, 1.54) is 32.4 Å². The lowest BCUT2D eigenvalue weighted by Crippen LogP contribution is -1.97. The third kappa shape index (κ3) is 2.96. The second kappa shape index (κ2) is 6.00. The number of methoxy groups -OCH3 is 2. The molecule has 106 valence electrons. The molecule has 0 radical (unpaired) electrons. The molecule has 0 spiro atoms. The van der Waals surface area contributed by atoms with Crippen LogP contribution in [0.1, 0.15) is 0 Å². The smallest absolute Gasteiger partial charge is 0.164 e. The Labute approximate surface area is 124 Å². The quantitative estimate of drug-likeness (QED) is 0.854. The summed E-state index contributed by atoms with van der Waals surface area (Å²) in [4.78, 5) is 0. The molecule has 2 aromatic rings. The number of halogens is 2. The van der Waals surface area contributed by atoms with Gasteiger partial charge in [-0.2, -0.15) is 0 Å². The van der Waals surface area contributed by atoms with E-state index in [-0.39, 0.29) is 5.82 Å². The minimum Gasteiger partial charge on any atom is -0.493 e. The van der Waals surface area contributed by atoms with Gasteiger partial charge in [0.15, 0.2) is 17.2 Å². The number of rotatable bonds is 4. The van der Waals surface area contributed by atoms with Crippen molar-refractivity contribution in [2.24, 2.45) is 0 Å². The Kier molecular flexibility index (Phi) is 4.34. The van der Waals surface area contributed by atoms with Gasteiger partial charge < -0.3 is 19.9 Å². The second-order valence-corrected chi connectivity index (χ2v) is 4.78. The van der Waals surface area contributed by atoms with Gasteiger partial charge in [-0.25, -0.2) is 4.39 Å². The van der Waals surface area contributed by atoms with Gasteiger partial charge in [0, 0.05) is 12.1 Å². The maximum absolute atomic E-state index is 13.0. The van der Waals surface area contributed by atoms with E-state index < -0.39 is 0 Å². The Morgan fingerprint density at radius 2 is 1.60 bits per heavy atom. The largest absolute Gasteiger partial charge is 0.493 e. The average Bonchev–Trinajstić information content (AvgIpc) is 2.43. The topological polar surface area (TPSA) is 53.7 Å². The molecule has 4 nitrogen and oxygen atoms in total. The van der Waals surface area contributed by atoms with E-state index in [0.717, 1.165) is 0 Å². The fourth-order valence-corrected chi connectivity index (χ4v) is 2.07. The van der Waals surface area contributed by atoms with Crippen molar-refractivity contribution in [3.63, 3.8) is 0 Å². The predicted octanol–water partition coefficient (Wildman–Crippen LogP) is 3.98. The molecule has 0 saturated carbocycles. The Balaban J connectivity index is 2.38. The van der Waals surface area contributed by atoms with Gasteiger partial charge in [-0.3, -0.25) is 0 Å². The van der Waals surface area contributed by atoms with Crippen molar-refractivity contribution in [3.8, 4) is 23.0 Å². The van der Waals surface area contributed by atoms with Gasteiger partial charge in [0.1, 0.15) is 11.6 Å². The van der Waals surface area contributed by atoms with Crippen LogP contribution in [0.3, 0.4) is 0 Å². The van der Waals surface area contributed by atoms with Gasteiger partial charge in [-0.1, -0.05) is 0 Å². The third-order valence-corrected chi connectivity index (χ3v) is 3.25. The molecule has 0 fully saturated rings. The van der Waals surface area contributed by atoms with Crippen LogP contribution >= 0.6 is 15.9 Å². The van der Waals surface area contributed by atoms with Gasteiger partial charge in [-0.15, -0.1) is 0 Å². The highest BCUT2D eigenvalue weighted by molar-refractivity contribution is 9.10. The Bertz CT molecular complexity index is 634. The molecule has 0 bridgehead atoms. The first-order valence-electron chi connectivity index (χ1n) is 5.69. The van der Waals surface area contributed by atoms with Crippen molar-refractivity contribution in [3.05, 3.63) is 40.6 Å². The number of anilines is 1. The number of benzene rings is 2. The Hall–Kier alpha value is -1.95. The SMILES string of the molecule is COc1cc(N)c(Oc2ccc(F)cc2Br)cc1OC. The molecule has 2 N–H and O–H groups in total. The molecule has 0 atom stereocenters. The first-order chi connectivity index (χ1) is 9.55. The fourth-order valence-electron chi connectivity index (χ4n) is 1.64. The molecule has 0 saturated heterocycles. The molecule has 2 aromatic carbocycles. The highest BCUT2D eigenvalue weighted by atomic mass is 79.9. The molecule has 2 rings (SSSR count). The van der Waals surface area contributed by atoms with Crippen molar-refractivity contribution in [2.75, 3.05) is 20.0 Å². The highest BCUT2D eigenvalue weighted by Crippen LogP contribution is 2.39. The van der Waals surface area contributed by atoms with Crippen molar-refractivity contribution < 1.29 is 18.6 Å². The van der Waals surface area contributed by atoms with Crippen molar-refractivity contribution in [1.29, 1.82) is 0 Å². The van der Waals surface area contributed by atoms with Crippen LogP contribution in [0.15, 0.2) is 34.8 Å². The maximum atomic E-state index is 13.0. The van der Waals surface area contributed by atoms with E-state index in [9.17, 15) is 4.39 Å². The fraction of sp³-hybridized carbons (Fsp3) is 0.143. The van der Waals surface area contributed by atoms with Crippen LogP contribution in [0.2, 0.25) is 0 Å². The Morgan fingerprint density at radius 3 is 2.20 bits per heavy atom. The number of hydrogen-bond acceptors (Lipinski definition) is 4. The summed E-state index contributed by atoms with van der Waals surface area (Å²) >= 11 is 3.23. The number of hydrogen-bond donors (Lipinski definition) is 1. The summed E-state index contributed by atoms with van der Waals surface area (Å²) in [5, 5.41) is 0. The van der Waals surface area contributed by atoms with Crippen molar-refractivity contribution >= 4 is 21.6 Å². The first kappa shape index (κ1) is 14.5. The minimum absolute atomic E-state index is 0.357. The molecule has 0 aromatic heterocycles. The average molecular weight is 342 g/mol. The standard InChI is InChI=1S/C14H13BrFNO3/c1-18-13-6-10(17)12(7-14(13)19-2)20-11-4-3-8(16)5-9(11)15/h3-7H,17H2,1-2H3. The number of nitrogens with two attached hydrogens (primary N) is 1. The maximum Gasteiger partial charge on any atom is 0.164 e. The molecule has 0 aliphatic rings. The predicted molar refractivity (Wildman–Crippen MR) is 78.1 cm³/mol. The van der Waals surface area contributed by atoms with Gasteiger partial charge in [0.05, 0.1) is 24.4 Å². The van der Waals surface area contributed by atoms with E-state index in [4.69, 9.17) is 19.9 Å². The number of nitrogen functional groups attached to an aromatic ring is 1. The molecule has 0 aliphatic carbocycles. The van der Waals surface area contributed by atoms with E-state index in [0.29, 0.717) is 33.2 Å². The van der Waals surface area contributed by atoms with Crippen LogP contribution in [0.25, 0.3) is 0 Å². The van der Waals surface area contributed by atoms with Gasteiger partial charge in [0.25, 0.3) is 0 Å². The van der Waals surface area contributed by atoms with E-state index in [2.05, 4.69) is 15.9 Å². The Morgan fingerprint density at radius 1 is 0.950 bits per heavy atom. The van der Waals surface area contributed by atoms with Gasteiger partial charge >= 0.3 is 0 Å². The molecule has 0 amide bonds. The lowest BCUT2D eigenvalue weighted by atomic mass is 10.2. The molecule has 6 heteroatoms. The molecular weight excluding hydrogens is 329 g/mol. The van der Waals surface area contributed by atoms with E-state index >= 15 is 0 Å². The monoisotopic (exact) mass is 341 g/mol. The lowest BCUT2D eigenvalue weighted by Gasteiger charge is -2.14. The van der Waals surface area contributed by atoms with Gasteiger partial charge in [0.2, 0.25) is 0 Å². The molecular formula is C14H13BrFNO3. The highest BCUT2D eigenvalue weighted by Gasteiger charge is 2.12. The van der Waals surface area contributed by atoms with Crippen LogP contribution in [0, 0.1) is 5.82 Å². The summed E-state index contributed by atoms with van der Waals surface area (Å²) in [6, 6.07) is 7.34. The third-order valence-electron chi connectivity index (χ3n) is 2.63. The summed E-state index contributed by atoms with van der Waals surface area (Å²) < 4.78 is 29.5. The van der Waals surface area contributed by atoms with Crippen LogP contribution in [0.5, 0.6) is 23.0 Å². The zero-order valence-corrected chi connectivity index (χ0v) is 12.5. The van der Waals surface area contributed by atoms with E-state index in [1.807, 2.05) is 0 Å². The molecule has 0 unspecified atom stereocenters. The van der Waals surface area contributed by atoms with Crippen LogP contribution < -0.4 is 19.9 Å². The minimum atomic E-state index is -0.357. The summed E-state index contributed by atoms with van der Waals surface area (Å²) in [7, 11) is 3.04. The summed E-state index contributed by atoms with van der Waals surface area (Å²) in [6.07, 6.45) is 0. The van der Waals surface area contributed by atoms with Crippen LogP contribution in [0.4, 0.5) is 10.1 Å². The van der Waals surface area contributed by atoms with Crippen molar-refractivity contribution in [2.45, 2.75) is 0 Å². The summed E-state index contributed by atoms with van der Waals surface area (Å²) in [6.45, 7) is 0. The molecule has 20 heavy (non-hydrogen) atoms. The summed E-state index contributed by atoms with van der Waals surface area (Å²) in [5.41, 5.74) is 6.29. The van der Waals surface area contributed by atoms with E-state index in [1.54, 1.807) is 12.1 Å².